The summed E-state index contributed by atoms with van der Waals surface area (Å²) in [5.74, 6) is 1.53. The zero-order valence-electron chi connectivity index (χ0n) is 37.9. The maximum absolute atomic E-state index is 16.5. The molecule has 0 aromatic heterocycles. The predicted molar refractivity (Wildman–Crippen MR) is 255 cm³/mol. The predicted octanol–water partition coefficient (Wildman–Crippen LogP) is 11.7. The van der Waals surface area contributed by atoms with Crippen LogP contribution in [0.15, 0.2) is 121 Å². The van der Waals surface area contributed by atoms with Crippen LogP contribution in [0, 0.1) is 23.5 Å². The average Bonchev–Trinajstić information content (AvgIpc) is 3.30. The molecule has 0 saturated carbocycles. The first-order valence-corrected chi connectivity index (χ1v) is 23.1. The molecule has 8 nitrogen and oxygen atoms in total. The van der Waals surface area contributed by atoms with E-state index in [-0.39, 0.29) is 36.7 Å². The van der Waals surface area contributed by atoms with Crippen molar-refractivity contribution in [3.8, 4) is 45.6 Å². The van der Waals surface area contributed by atoms with Gasteiger partial charge in [0.25, 0.3) is 0 Å². The maximum atomic E-state index is 16.5. The van der Waals surface area contributed by atoms with Gasteiger partial charge in [-0.15, -0.1) is 0 Å². The molecule has 2 saturated heterocycles. The van der Waals surface area contributed by atoms with Crippen molar-refractivity contribution in [2.75, 3.05) is 65.8 Å². The third-order valence-electron chi connectivity index (χ3n) is 13.5. The minimum atomic E-state index is -0.737. The molecule has 2 N–H and O–H groups in total. The Morgan fingerprint density at radius 3 is 1.87 bits per heavy atom. The molecule has 0 spiro atoms. The Morgan fingerprint density at radius 2 is 1.15 bits per heavy atom. The summed E-state index contributed by atoms with van der Waals surface area (Å²) in [7, 11) is 0. The molecule has 4 aliphatic heterocycles. The Morgan fingerprint density at radius 1 is 0.544 bits per heavy atom. The molecule has 0 aliphatic carbocycles. The number of hydrogen-bond acceptors (Lipinski definition) is 8. The van der Waals surface area contributed by atoms with E-state index < -0.39 is 23.8 Å². The largest absolute Gasteiger partial charge is 0.508 e. The van der Waals surface area contributed by atoms with Gasteiger partial charge in [0.1, 0.15) is 71.6 Å². The second-order valence-corrected chi connectivity index (χ2v) is 18.3. The minimum Gasteiger partial charge on any atom is -0.508 e. The molecule has 4 heterocycles. The van der Waals surface area contributed by atoms with E-state index in [2.05, 4.69) is 9.80 Å². The molecule has 2 unspecified atom stereocenters. The summed E-state index contributed by atoms with van der Waals surface area (Å²) in [6.07, 6.45) is -1.45. The number of likely N-dealkylation sites (tertiary alicyclic amines) is 2. The lowest BCUT2D eigenvalue weighted by atomic mass is 9.84. The molecule has 68 heavy (non-hydrogen) atoms. The van der Waals surface area contributed by atoms with Crippen LogP contribution in [0.1, 0.15) is 59.4 Å². The van der Waals surface area contributed by atoms with Crippen LogP contribution >= 0.6 is 0 Å². The highest BCUT2D eigenvalue weighted by atomic mass is 19.1. The number of alkyl halides is 2. The van der Waals surface area contributed by atoms with Crippen molar-refractivity contribution in [2.45, 2.75) is 26.1 Å². The summed E-state index contributed by atoms with van der Waals surface area (Å²) in [6.45, 7) is 8.05. The highest BCUT2D eigenvalue weighted by molar-refractivity contribution is 5.97. The first kappa shape index (κ1) is 45.0. The van der Waals surface area contributed by atoms with Gasteiger partial charge in [0.15, 0.2) is 0 Å². The van der Waals surface area contributed by atoms with Crippen molar-refractivity contribution in [3.05, 3.63) is 166 Å². The quantitative estimate of drug-likeness (QED) is 0.0986. The minimum absolute atomic E-state index is 0.0247. The molecule has 0 bridgehead atoms. The third-order valence-corrected chi connectivity index (χ3v) is 13.5. The van der Waals surface area contributed by atoms with E-state index in [1.54, 1.807) is 42.5 Å². The van der Waals surface area contributed by atoms with Crippen LogP contribution in [-0.4, -0.2) is 85.8 Å². The number of aromatic hydroxyl groups is 2. The van der Waals surface area contributed by atoms with Gasteiger partial charge < -0.3 is 29.2 Å². The normalized spacial score (nSPS) is 18.6. The lowest BCUT2D eigenvalue weighted by molar-refractivity contribution is 0.0668. The number of nitrogens with zero attached hydrogens (tertiary/aromatic N) is 2. The second-order valence-electron chi connectivity index (χ2n) is 18.3. The number of fused-ring (bicyclic) bond motifs is 2. The first-order chi connectivity index (χ1) is 33.0. The van der Waals surface area contributed by atoms with Crippen molar-refractivity contribution >= 4 is 22.3 Å². The number of ether oxygens (including phenoxy) is 4. The molecule has 0 amide bonds. The fraction of sp³-hybridized carbons (Fsp3) is 0.286. The van der Waals surface area contributed by atoms with Gasteiger partial charge in [-0.3, -0.25) is 18.6 Å². The fourth-order valence-corrected chi connectivity index (χ4v) is 9.94. The van der Waals surface area contributed by atoms with Crippen LogP contribution in [0.4, 0.5) is 17.6 Å². The molecular weight excluding hydrogens is 873 g/mol. The van der Waals surface area contributed by atoms with E-state index >= 15 is 4.39 Å². The summed E-state index contributed by atoms with van der Waals surface area (Å²) in [6, 6.07) is 34.3. The monoisotopic (exact) mass is 924 g/mol. The van der Waals surface area contributed by atoms with Crippen molar-refractivity contribution in [2.24, 2.45) is 11.8 Å². The molecular formula is C56H52F4N2O6. The molecule has 4 aliphatic rings. The van der Waals surface area contributed by atoms with E-state index in [1.165, 1.54) is 24.3 Å². The van der Waals surface area contributed by atoms with Crippen LogP contribution < -0.4 is 18.9 Å². The highest BCUT2D eigenvalue weighted by Gasteiger charge is 2.34. The van der Waals surface area contributed by atoms with Gasteiger partial charge in [0.2, 0.25) is 0 Å². The zero-order valence-corrected chi connectivity index (χ0v) is 37.9. The number of halogens is 4. The molecule has 350 valence electrons. The Labute approximate surface area is 393 Å². The van der Waals surface area contributed by atoms with Crippen LogP contribution in [0.2, 0.25) is 0 Å². The van der Waals surface area contributed by atoms with E-state index in [0.717, 1.165) is 40.9 Å². The molecule has 6 aromatic carbocycles. The molecule has 0 radical (unpaired) electrons. The van der Waals surface area contributed by atoms with Crippen molar-refractivity contribution < 1.29 is 46.7 Å². The van der Waals surface area contributed by atoms with Crippen molar-refractivity contribution in [1.29, 1.82) is 0 Å². The fourth-order valence-electron chi connectivity index (χ4n) is 9.94. The Kier molecular flexibility index (Phi) is 12.6. The van der Waals surface area contributed by atoms with E-state index in [4.69, 9.17) is 18.9 Å². The molecule has 12 heteroatoms. The summed E-state index contributed by atoms with van der Waals surface area (Å²) >= 11 is 0. The zero-order chi connectivity index (χ0) is 47.1. The molecule has 10 rings (SSSR count). The third kappa shape index (κ3) is 9.14. The topological polar surface area (TPSA) is 83.9 Å². The Balaban J connectivity index is 1.04. The smallest absolute Gasteiger partial charge is 0.150 e. The Bertz CT molecular complexity index is 2910. The summed E-state index contributed by atoms with van der Waals surface area (Å²) in [5, 5.41) is 21.0. The van der Waals surface area contributed by atoms with Gasteiger partial charge in [-0.05, 0) is 138 Å². The van der Waals surface area contributed by atoms with Crippen LogP contribution in [0.3, 0.4) is 0 Å². The van der Waals surface area contributed by atoms with E-state index in [9.17, 15) is 23.4 Å². The van der Waals surface area contributed by atoms with Gasteiger partial charge in [-0.2, -0.15) is 0 Å². The van der Waals surface area contributed by atoms with Gasteiger partial charge in [0.05, 0.1) is 13.3 Å². The standard InChI is InChI=1S/C56H52F4N2O6/c1-33-47-13-9-45(64)26-52(47)68-55(37-6-11-46(12-7-37)65-18-16-61-29-35(27-57)30-61)54(33)41-20-40(22-43(60)23-41)49-24-39(8-14-50(49)66-19-17-62-31-36(28-58)32-62)56-53(38-4-3-5-42(59)21-38)34(2)48-25-44(63)10-15-51(48)67-56/h3-15,20-26,35-36,55-56,63-64H,16-19,27-32H2,1-2H3. The molecule has 6 aromatic rings. The van der Waals surface area contributed by atoms with Gasteiger partial charge in [-0.1, -0.05) is 30.3 Å². The summed E-state index contributed by atoms with van der Waals surface area (Å²) < 4.78 is 83.7. The Hall–Kier alpha value is -6.76. The number of phenols is 2. The number of phenolic OH excluding ortho intramolecular Hbond substituents is 2. The van der Waals surface area contributed by atoms with Crippen LogP contribution in [-0.2, 0) is 0 Å². The first-order valence-electron chi connectivity index (χ1n) is 23.1. The molecule has 2 atom stereocenters. The lowest BCUT2D eigenvalue weighted by Crippen LogP contribution is -2.49. The van der Waals surface area contributed by atoms with Crippen molar-refractivity contribution in [3.63, 3.8) is 0 Å². The van der Waals surface area contributed by atoms with Crippen LogP contribution in [0.25, 0.3) is 33.4 Å². The second kappa shape index (κ2) is 19.1. The summed E-state index contributed by atoms with van der Waals surface area (Å²) in [4.78, 5) is 4.30. The number of hydrogen-bond donors (Lipinski definition) is 2. The maximum Gasteiger partial charge on any atom is 0.150 e. The lowest BCUT2D eigenvalue weighted by Gasteiger charge is -2.37. The summed E-state index contributed by atoms with van der Waals surface area (Å²) in [5.41, 5.74) is 8.24. The average molecular weight is 925 g/mol. The highest BCUT2D eigenvalue weighted by Crippen LogP contribution is 2.51. The van der Waals surface area contributed by atoms with Gasteiger partial charge in [-0.25, -0.2) is 8.78 Å². The molecule has 2 fully saturated rings. The van der Waals surface area contributed by atoms with Crippen LogP contribution in [0.5, 0.6) is 34.5 Å². The van der Waals surface area contributed by atoms with Gasteiger partial charge >= 0.3 is 0 Å². The number of rotatable bonds is 15. The van der Waals surface area contributed by atoms with Gasteiger partial charge in [0, 0.05) is 85.0 Å². The van der Waals surface area contributed by atoms with E-state index in [0.29, 0.717) is 101 Å². The number of benzene rings is 6. The van der Waals surface area contributed by atoms with E-state index in [1.807, 2.05) is 68.4 Å². The number of allylic oxidation sites excluding steroid dienone is 2. The SMILES string of the molecule is CC1=C(c2cc(F)cc(-c3cc(C4Oc5ccc(O)cc5C(C)=C4c4cccc(F)c4)ccc3OCCN3CC(CF)C3)c2)C(c2ccc(OCCN3CC(CF)C3)cc2)Oc2cc(O)ccc21. The van der Waals surface area contributed by atoms with Crippen molar-refractivity contribution in [1.82, 2.24) is 9.80 Å².